The van der Waals surface area contributed by atoms with E-state index in [-0.39, 0.29) is 25.4 Å². The van der Waals surface area contributed by atoms with E-state index in [1.165, 1.54) is 0 Å². The third-order valence-electron chi connectivity index (χ3n) is 4.28. The third-order valence-corrected chi connectivity index (χ3v) is 4.28. The van der Waals surface area contributed by atoms with Crippen molar-refractivity contribution in [2.75, 3.05) is 25.1 Å². The molecule has 0 bridgehead atoms. The average Bonchev–Trinajstić information content (AvgIpc) is 2.59. The standard InChI is InChI=1S/C21H34FN3O4/c1-21(2,3)29-20(28)24-16(11-12-18(23)27)14-25(4)17-10-7-9-15(19(17)22)8-5-6-13-26/h7,9-10,16,26H,5-6,8,11-14H2,1-4H3,(H2,23,27)(H,24,28). The number of nitrogens with two attached hydrogens (primary N) is 1. The molecule has 1 atom stereocenters. The van der Waals surface area contributed by atoms with Crippen LogP contribution in [0.15, 0.2) is 18.2 Å². The number of anilines is 1. The van der Waals surface area contributed by atoms with Gasteiger partial charge in [0.15, 0.2) is 0 Å². The molecular weight excluding hydrogens is 377 g/mol. The number of hydrogen-bond acceptors (Lipinski definition) is 5. The van der Waals surface area contributed by atoms with Crippen molar-refractivity contribution in [3.8, 4) is 0 Å². The molecule has 1 rings (SSSR count). The Balaban J connectivity index is 2.87. The Bertz CT molecular complexity index is 676. The molecule has 1 aromatic carbocycles. The average molecular weight is 412 g/mol. The fourth-order valence-electron chi connectivity index (χ4n) is 2.91. The van der Waals surface area contributed by atoms with Crippen molar-refractivity contribution in [2.45, 2.75) is 64.5 Å². The van der Waals surface area contributed by atoms with Gasteiger partial charge in [-0.25, -0.2) is 9.18 Å². The van der Waals surface area contributed by atoms with Crippen LogP contribution in [-0.2, 0) is 16.0 Å². The number of nitrogens with zero attached hydrogens (tertiary/aromatic N) is 1. The van der Waals surface area contributed by atoms with Crippen LogP contribution < -0.4 is 16.0 Å². The van der Waals surface area contributed by atoms with Gasteiger partial charge in [0.25, 0.3) is 0 Å². The van der Waals surface area contributed by atoms with Crippen LogP contribution in [0, 0.1) is 5.82 Å². The molecule has 0 aliphatic rings. The highest BCUT2D eigenvalue weighted by molar-refractivity contribution is 5.74. The van der Waals surface area contributed by atoms with Crippen molar-refractivity contribution in [3.05, 3.63) is 29.6 Å². The zero-order valence-corrected chi connectivity index (χ0v) is 17.8. The lowest BCUT2D eigenvalue weighted by molar-refractivity contribution is -0.118. The fourth-order valence-corrected chi connectivity index (χ4v) is 2.91. The van der Waals surface area contributed by atoms with Crippen LogP contribution >= 0.6 is 0 Å². The van der Waals surface area contributed by atoms with E-state index in [2.05, 4.69) is 5.32 Å². The minimum Gasteiger partial charge on any atom is -0.444 e. The quantitative estimate of drug-likeness (QED) is 0.486. The second-order valence-corrected chi connectivity index (χ2v) is 8.16. The molecule has 0 saturated heterocycles. The number of alkyl carbamates (subject to hydrolysis) is 1. The van der Waals surface area contributed by atoms with Crippen molar-refractivity contribution in [2.24, 2.45) is 5.73 Å². The number of amides is 2. The number of nitrogens with one attached hydrogen (secondary N) is 1. The van der Waals surface area contributed by atoms with Gasteiger partial charge in [0, 0.05) is 26.6 Å². The smallest absolute Gasteiger partial charge is 0.407 e. The van der Waals surface area contributed by atoms with Crippen molar-refractivity contribution in [1.29, 1.82) is 0 Å². The van der Waals surface area contributed by atoms with Crippen LogP contribution in [0.25, 0.3) is 0 Å². The van der Waals surface area contributed by atoms with Crippen molar-refractivity contribution in [3.63, 3.8) is 0 Å². The minimum atomic E-state index is -0.654. The molecule has 8 heteroatoms. The van der Waals surface area contributed by atoms with Crippen LogP contribution in [0.4, 0.5) is 14.9 Å². The van der Waals surface area contributed by atoms with Crippen LogP contribution in [-0.4, -0.2) is 48.9 Å². The maximum absolute atomic E-state index is 14.9. The molecule has 1 aromatic rings. The second-order valence-electron chi connectivity index (χ2n) is 8.16. The number of hydrogen-bond donors (Lipinski definition) is 3. The van der Waals surface area contributed by atoms with E-state index >= 15 is 0 Å². The molecule has 0 heterocycles. The molecule has 0 radical (unpaired) electrons. The maximum Gasteiger partial charge on any atom is 0.407 e. The molecule has 1 unspecified atom stereocenters. The van der Waals surface area contributed by atoms with Gasteiger partial charge in [-0.05, 0) is 58.1 Å². The predicted molar refractivity (Wildman–Crippen MR) is 111 cm³/mol. The summed E-state index contributed by atoms with van der Waals surface area (Å²) in [6, 6.07) is 4.74. The van der Waals surface area contributed by atoms with Crippen molar-refractivity contribution >= 4 is 17.7 Å². The second kappa shape index (κ2) is 11.6. The number of carbonyl (C=O) groups is 2. The molecular formula is C21H34FN3O4. The number of unbranched alkanes of at least 4 members (excludes halogenated alkanes) is 1. The maximum atomic E-state index is 14.9. The number of carbonyl (C=O) groups excluding carboxylic acids is 2. The summed E-state index contributed by atoms with van der Waals surface area (Å²) >= 11 is 0. The number of halogens is 1. The fraction of sp³-hybridized carbons (Fsp3) is 0.619. The van der Waals surface area contributed by atoms with E-state index in [9.17, 15) is 14.0 Å². The zero-order valence-electron chi connectivity index (χ0n) is 17.8. The molecule has 29 heavy (non-hydrogen) atoms. The number of rotatable bonds is 11. The number of aliphatic hydroxyl groups excluding tert-OH is 1. The van der Waals surface area contributed by atoms with Crippen molar-refractivity contribution in [1.82, 2.24) is 5.32 Å². The van der Waals surface area contributed by atoms with E-state index in [1.807, 2.05) is 0 Å². The Hall–Kier alpha value is -2.35. The normalized spacial score (nSPS) is 12.3. The van der Waals surface area contributed by atoms with E-state index in [4.69, 9.17) is 15.6 Å². The first kappa shape index (κ1) is 24.7. The Morgan fingerprint density at radius 3 is 2.59 bits per heavy atom. The summed E-state index contributed by atoms with van der Waals surface area (Å²) in [5, 5.41) is 11.7. The lowest BCUT2D eigenvalue weighted by Crippen LogP contribution is -2.45. The highest BCUT2D eigenvalue weighted by Crippen LogP contribution is 2.23. The Morgan fingerprint density at radius 1 is 1.31 bits per heavy atom. The molecule has 0 aromatic heterocycles. The highest BCUT2D eigenvalue weighted by atomic mass is 19.1. The Labute approximate surface area is 172 Å². The Kier molecular flexibility index (Phi) is 9.88. The number of likely N-dealkylation sites (N-methyl/N-ethyl adjacent to an activating group) is 1. The van der Waals surface area contributed by atoms with Gasteiger partial charge in [-0.2, -0.15) is 0 Å². The molecule has 0 fully saturated rings. The van der Waals surface area contributed by atoms with E-state index in [1.54, 1.807) is 50.9 Å². The van der Waals surface area contributed by atoms with Crippen molar-refractivity contribution < 1.29 is 23.8 Å². The van der Waals surface area contributed by atoms with Gasteiger partial charge in [-0.1, -0.05) is 12.1 Å². The number of aryl methyl sites for hydroxylation is 1. The van der Waals surface area contributed by atoms with Gasteiger partial charge >= 0.3 is 6.09 Å². The predicted octanol–water partition coefficient (Wildman–Crippen LogP) is 2.74. The summed E-state index contributed by atoms with van der Waals surface area (Å²) in [6.45, 7) is 5.64. The number of aliphatic hydroxyl groups is 1. The molecule has 4 N–H and O–H groups in total. The lowest BCUT2D eigenvalue weighted by atomic mass is 10.1. The first-order chi connectivity index (χ1) is 13.5. The molecule has 0 saturated carbocycles. The number of ether oxygens (including phenoxy) is 1. The first-order valence-electron chi connectivity index (χ1n) is 9.90. The summed E-state index contributed by atoms with van der Waals surface area (Å²) in [7, 11) is 1.73. The molecule has 0 spiro atoms. The first-order valence-corrected chi connectivity index (χ1v) is 9.90. The Morgan fingerprint density at radius 2 is 2.00 bits per heavy atom. The third kappa shape index (κ3) is 9.60. The largest absolute Gasteiger partial charge is 0.444 e. The number of primary amides is 1. The number of benzene rings is 1. The zero-order chi connectivity index (χ0) is 22.0. The summed E-state index contributed by atoms with van der Waals surface area (Å²) in [4.78, 5) is 25.0. The monoisotopic (exact) mass is 411 g/mol. The SMILES string of the molecule is CN(CC(CCC(N)=O)NC(=O)OC(C)(C)C)c1cccc(CCCCO)c1F. The van der Waals surface area contributed by atoms with Gasteiger partial charge in [-0.3, -0.25) is 4.79 Å². The molecule has 0 aliphatic carbocycles. The highest BCUT2D eigenvalue weighted by Gasteiger charge is 2.22. The summed E-state index contributed by atoms with van der Waals surface area (Å²) in [5.41, 5.74) is 5.57. The van der Waals surface area contributed by atoms with Gasteiger partial charge in [0.1, 0.15) is 11.4 Å². The molecule has 0 aliphatic heterocycles. The van der Waals surface area contributed by atoms with Crippen LogP contribution in [0.5, 0.6) is 0 Å². The lowest BCUT2D eigenvalue weighted by Gasteiger charge is -2.28. The summed E-state index contributed by atoms with van der Waals surface area (Å²) in [5.74, 6) is -0.792. The minimum absolute atomic E-state index is 0.0824. The van der Waals surface area contributed by atoms with Gasteiger partial charge in [0.2, 0.25) is 5.91 Å². The van der Waals surface area contributed by atoms with Gasteiger partial charge < -0.3 is 25.8 Å². The van der Waals surface area contributed by atoms with E-state index in [0.717, 1.165) is 0 Å². The topological polar surface area (TPSA) is 105 Å². The van der Waals surface area contributed by atoms with Crippen LogP contribution in [0.2, 0.25) is 0 Å². The molecule has 164 valence electrons. The van der Waals surface area contributed by atoms with Gasteiger partial charge in [0.05, 0.1) is 11.7 Å². The van der Waals surface area contributed by atoms with Crippen LogP contribution in [0.3, 0.4) is 0 Å². The van der Waals surface area contributed by atoms with Crippen LogP contribution in [0.1, 0.15) is 52.0 Å². The van der Waals surface area contributed by atoms with Gasteiger partial charge in [-0.15, -0.1) is 0 Å². The summed E-state index contributed by atoms with van der Waals surface area (Å²) < 4.78 is 20.2. The molecule has 7 nitrogen and oxygen atoms in total. The van der Waals surface area contributed by atoms with E-state index < -0.39 is 23.6 Å². The molecule has 2 amide bonds. The van der Waals surface area contributed by atoms with E-state index in [0.29, 0.717) is 36.9 Å². The summed E-state index contributed by atoms with van der Waals surface area (Å²) in [6.07, 6.45) is 1.67.